The van der Waals surface area contributed by atoms with Crippen LogP contribution < -0.4 is 11.1 Å². The van der Waals surface area contributed by atoms with Crippen molar-refractivity contribution in [1.29, 1.82) is 0 Å². The van der Waals surface area contributed by atoms with Crippen molar-refractivity contribution in [2.75, 3.05) is 11.1 Å². The maximum Gasteiger partial charge on any atom is 0.248 e. The van der Waals surface area contributed by atoms with E-state index in [0.29, 0.717) is 11.4 Å². The molecule has 2 aromatic carbocycles. The van der Waals surface area contributed by atoms with Crippen molar-refractivity contribution in [2.24, 2.45) is 0 Å². The number of hydrogen-bond acceptors (Lipinski definition) is 2. The number of rotatable bonds is 3. The maximum absolute atomic E-state index is 12.9. The van der Waals surface area contributed by atoms with E-state index in [0.717, 1.165) is 5.56 Å². The van der Waals surface area contributed by atoms with Gasteiger partial charge in [-0.1, -0.05) is 18.2 Å². The van der Waals surface area contributed by atoms with Gasteiger partial charge in [0.25, 0.3) is 0 Å². The molecule has 0 atom stereocenters. The Balaban J connectivity index is 2.01. The third-order valence-corrected chi connectivity index (χ3v) is 2.43. The van der Waals surface area contributed by atoms with Crippen molar-refractivity contribution in [3.8, 4) is 0 Å². The molecule has 0 aliphatic carbocycles. The number of benzene rings is 2. The number of amides is 1. The molecule has 0 saturated carbocycles. The number of carbonyl (C=O) groups excluding carboxylic acids is 1. The first-order chi connectivity index (χ1) is 9.13. The average molecular weight is 256 g/mol. The zero-order chi connectivity index (χ0) is 13.7. The number of hydrogen-bond donors (Lipinski definition) is 2. The quantitative estimate of drug-likeness (QED) is 0.655. The number of anilines is 2. The Hall–Kier alpha value is -2.62. The normalized spacial score (nSPS) is 10.6. The van der Waals surface area contributed by atoms with E-state index in [-0.39, 0.29) is 5.91 Å². The van der Waals surface area contributed by atoms with E-state index in [2.05, 4.69) is 5.32 Å². The highest BCUT2D eigenvalue weighted by Crippen LogP contribution is 2.10. The Labute approximate surface area is 110 Å². The van der Waals surface area contributed by atoms with Crippen LogP contribution in [0.2, 0.25) is 0 Å². The second kappa shape index (κ2) is 5.82. The minimum Gasteiger partial charge on any atom is -0.399 e. The predicted molar refractivity (Wildman–Crippen MR) is 74.9 cm³/mol. The fourth-order valence-corrected chi connectivity index (χ4v) is 1.58. The SMILES string of the molecule is Nc1cccc(/C=C/C(=O)Nc2cccc(F)c2)c1. The van der Waals surface area contributed by atoms with Gasteiger partial charge in [0, 0.05) is 17.5 Å². The van der Waals surface area contributed by atoms with E-state index >= 15 is 0 Å². The molecule has 2 aromatic rings. The first kappa shape index (κ1) is 12.8. The molecule has 0 spiro atoms. The Morgan fingerprint density at radius 2 is 1.95 bits per heavy atom. The second-order valence-corrected chi connectivity index (χ2v) is 4.00. The highest BCUT2D eigenvalue weighted by molar-refractivity contribution is 6.01. The lowest BCUT2D eigenvalue weighted by molar-refractivity contribution is -0.111. The lowest BCUT2D eigenvalue weighted by atomic mass is 10.2. The van der Waals surface area contributed by atoms with Crippen LogP contribution in [0, 0.1) is 5.82 Å². The topological polar surface area (TPSA) is 55.1 Å². The summed E-state index contributed by atoms with van der Waals surface area (Å²) >= 11 is 0. The van der Waals surface area contributed by atoms with Gasteiger partial charge < -0.3 is 11.1 Å². The maximum atomic E-state index is 12.9. The molecule has 2 rings (SSSR count). The molecule has 0 radical (unpaired) electrons. The van der Waals surface area contributed by atoms with Crippen LogP contribution in [0.1, 0.15) is 5.56 Å². The van der Waals surface area contributed by atoms with Crippen molar-refractivity contribution >= 4 is 23.4 Å². The van der Waals surface area contributed by atoms with Crippen LogP contribution in [0.3, 0.4) is 0 Å². The van der Waals surface area contributed by atoms with Crippen LogP contribution in [0.5, 0.6) is 0 Å². The Morgan fingerprint density at radius 3 is 2.68 bits per heavy atom. The summed E-state index contributed by atoms with van der Waals surface area (Å²) in [4.78, 5) is 11.6. The largest absolute Gasteiger partial charge is 0.399 e. The molecule has 3 N–H and O–H groups in total. The molecular formula is C15H13FN2O. The molecule has 0 heterocycles. The molecular weight excluding hydrogens is 243 g/mol. The van der Waals surface area contributed by atoms with Crippen molar-refractivity contribution in [1.82, 2.24) is 0 Å². The van der Waals surface area contributed by atoms with E-state index in [1.165, 1.54) is 24.3 Å². The van der Waals surface area contributed by atoms with Crippen LogP contribution in [0.15, 0.2) is 54.6 Å². The van der Waals surface area contributed by atoms with Crippen LogP contribution >= 0.6 is 0 Å². The first-order valence-electron chi connectivity index (χ1n) is 5.74. The predicted octanol–water partition coefficient (Wildman–Crippen LogP) is 3.06. The second-order valence-electron chi connectivity index (χ2n) is 4.00. The van der Waals surface area contributed by atoms with Gasteiger partial charge in [0.05, 0.1) is 0 Å². The van der Waals surface area contributed by atoms with E-state index in [1.807, 2.05) is 6.07 Å². The lowest BCUT2D eigenvalue weighted by Gasteiger charge is -2.01. The van der Waals surface area contributed by atoms with Crippen molar-refractivity contribution in [3.05, 3.63) is 66.0 Å². The molecule has 0 saturated heterocycles. The van der Waals surface area contributed by atoms with Crippen LogP contribution in [0.25, 0.3) is 6.08 Å². The summed E-state index contributed by atoms with van der Waals surface area (Å²) in [5.74, 6) is -0.717. The Morgan fingerprint density at radius 1 is 1.16 bits per heavy atom. The number of nitrogen functional groups attached to an aromatic ring is 1. The smallest absolute Gasteiger partial charge is 0.248 e. The third kappa shape index (κ3) is 3.96. The molecule has 96 valence electrons. The van der Waals surface area contributed by atoms with Gasteiger partial charge in [-0.3, -0.25) is 4.79 Å². The summed E-state index contributed by atoms with van der Waals surface area (Å²) in [6.45, 7) is 0. The highest BCUT2D eigenvalue weighted by atomic mass is 19.1. The van der Waals surface area contributed by atoms with Gasteiger partial charge in [-0.2, -0.15) is 0 Å². The van der Waals surface area contributed by atoms with Gasteiger partial charge in [-0.15, -0.1) is 0 Å². The van der Waals surface area contributed by atoms with Gasteiger partial charge in [0.15, 0.2) is 0 Å². The molecule has 19 heavy (non-hydrogen) atoms. The highest BCUT2D eigenvalue weighted by Gasteiger charge is 1.99. The number of halogens is 1. The third-order valence-electron chi connectivity index (χ3n) is 2.43. The summed E-state index contributed by atoms with van der Waals surface area (Å²) in [5.41, 5.74) is 7.51. The minimum absolute atomic E-state index is 0.326. The van der Waals surface area contributed by atoms with Gasteiger partial charge in [0.1, 0.15) is 5.82 Å². The van der Waals surface area contributed by atoms with Crippen molar-refractivity contribution in [3.63, 3.8) is 0 Å². The summed E-state index contributed by atoms with van der Waals surface area (Å²) < 4.78 is 12.9. The van der Waals surface area contributed by atoms with Gasteiger partial charge >= 0.3 is 0 Å². The lowest BCUT2D eigenvalue weighted by Crippen LogP contribution is -2.07. The molecule has 0 fully saturated rings. The molecule has 0 bridgehead atoms. The zero-order valence-electron chi connectivity index (χ0n) is 10.1. The van der Waals surface area contributed by atoms with Crippen LogP contribution in [0.4, 0.5) is 15.8 Å². The average Bonchev–Trinajstić information content (AvgIpc) is 2.36. The monoisotopic (exact) mass is 256 g/mol. The molecule has 3 nitrogen and oxygen atoms in total. The molecule has 1 amide bonds. The molecule has 4 heteroatoms. The summed E-state index contributed by atoms with van der Waals surface area (Å²) in [6, 6.07) is 12.9. The first-order valence-corrected chi connectivity index (χ1v) is 5.74. The zero-order valence-corrected chi connectivity index (χ0v) is 10.1. The van der Waals surface area contributed by atoms with Crippen LogP contribution in [-0.2, 0) is 4.79 Å². The Kier molecular flexibility index (Phi) is 3.93. The fourth-order valence-electron chi connectivity index (χ4n) is 1.58. The summed E-state index contributed by atoms with van der Waals surface area (Å²) in [5, 5.41) is 2.57. The van der Waals surface area contributed by atoms with E-state index in [9.17, 15) is 9.18 Å². The van der Waals surface area contributed by atoms with E-state index < -0.39 is 5.82 Å². The van der Waals surface area contributed by atoms with Crippen molar-refractivity contribution < 1.29 is 9.18 Å². The fraction of sp³-hybridized carbons (Fsp3) is 0. The summed E-state index contributed by atoms with van der Waals surface area (Å²) in [7, 11) is 0. The minimum atomic E-state index is -0.391. The molecule has 0 aliphatic heterocycles. The standard InChI is InChI=1S/C15H13FN2O/c16-12-4-2-6-14(10-12)18-15(19)8-7-11-3-1-5-13(17)9-11/h1-10H,17H2,(H,18,19)/b8-7+. The van der Waals surface area contributed by atoms with Gasteiger partial charge in [-0.25, -0.2) is 4.39 Å². The molecule has 0 unspecified atom stereocenters. The van der Waals surface area contributed by atoms with Crippen molar-refractivity contribution in [2.45, 2.75) is 0 Å². The number of nitrogens with two attached hydrogens (primary N) is 1. The van der Waals surface area contributed by atoms with Gasteiger partial charge in [-0.05, 0) is 42.0 Å². The van der Waals surface area contributed by atoms with Gasteiger partial charge in [0.2, 0.25) is 5.91 Å². The molecule has 0 aliphatic rings. The van der Waals surface area contributed by atoms with Crippen LogP contribution in [-0.4, -0.2) is 5.91 Å². The van der Waals surface area contributed by atoms with E-state index in [4.69, 9.17) is 5.73 Å². The number of carbonyl (C=O) groups is 1. The summed E-state index contributed by atoms with van der Waals surface area (Å²) in [6.07, 6.45) is 3.02. The number of nitrogens with one attached hydrogen (secondary N) is 1. The van der Waals surface area contributed by atoms with E-state index in [1.54, 1.807) is 30.3 Å². The Bertz CT molecular complexity index is 623. The molecule has 0 aromatic heterocycles.